The zero-order valence-electron chi connectivity index (χ0n) is 11.2. The standard InChI is InChI=1S/C15H14F2N2S2/c16-10-6-8(15(18)20)7-11(17)14(10)19-12-2-1-3-13-9(12)4-5-21-13/h4-7,12,19H,1-3H2,(H2,18,20). The molecule has 0 saturated heterocycles. The number of nitrogens with two attached hydrogens (primary N) is 1. The van der Waals surface area contributed by atoms with Crippen molar-refractivity contribution in [2.45, 2.75) is 25.3 Å². The number of anilines is 1. The number of thiophene rings is 1. The van der Waals surface area contributed by atoms with Crippen molar-refractivity contribution in [3.8, 4) is 0 Å². The van der Waals surface area contributed by atoms with Gasteiger partial charge in [0.2, 0.25) is 0 Å². The van der Waals surface area contributed by atoms with Crippen LogP contribution in [-0.2, 0) is 6.42 Å². The van der Waals surface area contributed by atoms with E-state index >= 15 is 0 Å². The third kappa shape index (κ3) is 2.78. The van der Waals surface area contributed by atoms with Crippen LogP contribution in [0, 0.1) is 11.6 Å². The minimum Gasteiger partial charge on any atom is -0.389 e. The van der Waals surface area contributed by atoms with Crippen LogP contribution in [0.1, 0.15) is 34.9 Å². The van der Waals surface area contributed by atoms with Crippen molar-refractivity contribution < 1.29 is 8.78 Å². The van der Waals surface area contributed by atoms with Crippen molar-refractivity contribution in [1.82, 2.24) is 0 Å². The van der Waals surface area contributed by atoms with Crippen molar-refractivity contribution in [3.05, 3.63) is 51.2 Å². The van der Waals surface area contributed by atoms with Crippen LogP contribution < -0.4 is 11.1 Å². The van der Waals surface area contributed by atoms with E-state index in [1.54, 1.807) is 11.3 Å². The first-order valence-corrected chi connectivity index (χ1v) is 7.96. The van der Waals surface area contributed by atoms with Crippen LogP contribution in [0.2, 0.25) is 0 Å². The lowest BCUT2D eigenvalue weighted by atomic mass is 9.93. The van der Waals surface area contributed by atoms with Crippen molar-refractivity contribution >= 4 is 34.2 Å². The minimum absolute atomic E-state index is 0.0165. The summed E-state index contributed by atoms with van der Waals surface area (Å²) < 4.78 is 28.2. The molecule has 1 aromatic carbocycles. The molecule has 6 heteroatoms. The second-order valence-corrected chi connectivity index (χ2v) is 6.51. The number of rotatable bonds is 3. The van der Waals surface area contributed by atoms with E-state index in [1.807, 2.05) is 11.4 Å². The minimum atomic E-state index is -0.667. The highest BCUT2D eigenvalue weighted by molar-refractivity contribution is 7.80. The molecule has 0 aliphatic heterocycles. The van der Waals surface area contributed by atoms with Gasteiger partial charge in [-0.15, -0.1) is 11.3 Å². The molecule has 0 amide bonds. The van der Waals surface area contributed by atoms with Gasteiger partial charge in [0.15, 0.2) is 0 Å². The maximum Gasteiger partial charge on any atom is 0.150 e. The molecule has 1 unspecified atom stereocenters. The maximum atomic E-state index is 14.1. The predicted octanol–water partition coefficient (Wildman–Crippen LogP) is 4.15. The van der Waals surface area contributed by atoms with E-state index in [-0.39, 0.29) is 22.3 Å². The normalized spacial score (nSPS) is 17.3. The summed E-state index contributed by atoms with van der Waals surface area (Å²) in [6.07, 6.45) is 2.91. The number of fused-ring (bicyclic) bond motifs is 1. The molecule has 1 aliphatic carbocycles. The van der Waals surface area contributed by atoms with Crippen LogP contribution in [-0.4, -0.2) is 4.99 Å². The Balaban J connectivity index is 1.92. The third-order valence-electron chi connectivity index (χ3n) is 3.70. The van der Waals surface area contributed by atoms with Gasteiger partial charge in [0.25, 0.3) is 0 Å². The van der Waals surface area contributed by atoms with Gasteiger partial charge in [-0.3, -0.25) is 0 Å². The summed E-state index contributed by atoms with van der Waals surface area (Å²) in [7, 11) is 0. The summed E-state index contributed by atoms with van der Waals surface area (Å²) in [5.41, 5.74) is 6.64. The molecule has 3 rings (SSSR count). The Labute approximate surface area is 131 Å². The van der Waals surface area contributed by atoms with Crippen LogP contribution in [0.25, 0.3) is 0 Å². The average molecular weight is 324 g/mol. The van der Waals surface area contributed by atoms with E-state index < -0.39 is 11.6 Å². The topological polar surface area (TPSA) is 38.0 Å². The largest absolute Gasteiger partial charge is 0.389 e. The molecule has 1 aliphatic rings. The second kappa shape index (κ2) is 5.69. The third-order valence-corrected chi connectivity index (χ3v) is 4.93. The molecule has 0 radical (unpaired) electrons. The molecule has 0 spiro atoms. The molecule has 2 nitrogen and oxygen atoms in total. The van der Waals surface area contributed by atoms with Gasteiger partial charge in [0.1, 0.15) is 22.3 Å². The van der Waals surface area contributed by atoms with Gasteiger partial charge in [-0.25, -0.2) is 8.78 Å². The Morgan fingerprint density at radius 2 is 2.05 bits per heavy atom. The van der Waals surface area contributed by atoms with Gasteiger partial charge < -0.3 is 11.1 Å². The lowest BCUT2D eigenvalue weighted by Gasteiger charge is -2.25. The summed E-state index contributed by atoms with van der Waals surface area (Å²) in [5, 5.41) is 5.02. The Morgan fingerprint density at radius 3 is 2.71 bits per heavy atom. The Kier molecular flexibility index (Phi) is 3.91. The molecule has 2 aromatic rings. The summed E-state index contributed by atoms with van der Waals surface area (Å²) >= 11 is 6.45. The van der Waals surface area contributed by atoms with Gasteiger partial charge in [-0.2, -0.15) is 0 Å². The zero-order valence-corrected chi connectivity index (χ0v) is 12.8. The monoisotopic (exact) mass is 324 g/mol. The van der Waals surface area contributed by atoms with Crippen LogP contribution in [0.15, 0.2) is 23.6 Å². The van der Waals surface area contributed by atoms with Gasteiger partial charge in [0.05, 0.1) is 6.04 Å². The molecule has 0 bridgehead atoms. The zero-order chi connectivity index (χ0) is 15.0. The Bertz CT molecular complexity index is 674. The fourth-order valence-electron chi connectivity index (χ4n) is 2.66. The smallest absolute Gasteiger partial charge is 0.150 e. The molecule has 3 N–H and O–H groups in total. The molecule has 110 valence electrons. The number of aryl methyl sites for hydroxylation is 1. The molecule has 0 fully saturated rings. The average Bonchev–Trinajstić information content (AvgIpc) is 2.91. The molecule has 0 saturated carbocycles. The number of nitrogens with one attached hydrogen (secondary N) is 1. The van der Waals surface area contributed by atoms with E-state index in [9.17, 15) is 8.78 Å². The van der Waals surface area contributed by atoms with Crippen molar-refractivity contribution in [1.29, 1.82) is 0 Å². The van der Waals surface area contributed by atoms with E-state index in [4.69, 9.17) is 18.0 Å². The second-order valence-electron chi connectivity index (χ2n) is 5.07. The first kappa shape index (κ1) is 14.4. The fourth-order valence-corrected chi connectivity index (χ4v) is 3.77. The van der Waals surface area contributed by atoms with E-state index in [1.165, 1.54) is 17.0 Å². The van der Waals surface area contributed by atoms with Gasteiger partial charge in [-0.05, 0) is 48.4 Å². The quantitative estimate of drug-likeness (QED) is 0.833. The number of thiocarbonyl (C=S) groups is 1. The Hall–Kier alpha value is -1.53. The molecular formula is C15H14F2N2S2. The first-order valence-electron chi connectivity index (χ1n) is 6.68. The molecule has 1 heterocycles. The van der Waals surface area contributed by atoms with Crippen molar-refractivity contribution in [2.24, 2.45) is 5.73 Å². The Morgan fingerprint density at radius 1 is 1.33 bits per heavy atom. The van der Waals surface area contributed by atoms with E-state index in [2.05, 4.69) is 5.32 Å². The van der Waals surface area contributed by atoms with Crippen LogP contribution in [0.3, 0.4) is 0 Å². The highest BCUT2D eigenvalue weighted by Gasteiger charge is 2.23. The SMILES string of the molecule is NC(=S)c1cc(F)c(NC2CCCc3sccc32)c(F)c1. The van der Waals surface area contributed by atoms with E-state index in [0.717, 1.165) is 24.8 Å². The van der Waals surface area contributed by atoms with Crippen LogP contribution in [0.5, 0.6) is 0 Å². The highest BCUT2D eigenvalue weighted by atomic mass is 32.1. The first-order chi connectivity index (χ1) is 10.1. The van der Waals surface area contributed by atoms with E-state index in [0.29, 0.717) is 0 Å². The number of benzene rings is 1. The predicted molar refractivity (Wildman–Crippen MR) is 85.9 cm³/mol. The summed E-state index contributed by atoms with van der Waals surface area (Å²) in [4.78, 5) is 1.27. The molecule has 1 aromatic heterocycles. The summed E-state index contributed by atoms with van der Waals surface area (Å²) in [6.45, 7) is 0. The van der Waals surface area contributed by atoms with Gasteiger partial charge >= 0.3 is 0 Å². The summed E-state index contributed by atoms with van der Waals surface area (Å²) in [5.74, 6) is -1.33. The number of halogens is 2. The van der Waals surface area contributed by atoms with Gasteiger partial charge in [-0.1, -0.05) is 12.2 Å². The lowest BCUT2D eigenvalue weighted by Crippen LogP contribution is -2.18. The molecule has 1 atom stereocenters. The fraction of sp³-hybridized carbons (Fsp3) is 0.267. The highest BCUT2D eigenvalue weighted by Crippen LogP contribution is 2.36. The molecule has 21 heavy (non-hydrogen) atoms. The number of hydrogen-bond acceptors (Lipinski definition) is 3. The van der Waals surface area contributed by atoms with Crippen LogP contribution >= 0.6 is 23.6 Å². The molecular weight excluding hydrogens is 310 g/mol. The van der Waals surface area contributed by atoms with Crippen LogP contribution in [0.4, 0.5) is 14.5 Å². The maximum absolute atomic E-state index is 14.1. The van der Waals surface area contributed by atoms with Crippen molar-refractivity contribution in [2.75, 3.05) is 5.32 Å². The number of hydrogen-bond donors (Lipinski definition) is 2. The van der Waals surface area contributed by atoms with Crippen molar-refractivity contribution in [3.63, 3.8) is 0 Å². The van der Waals surface area contributed by atoms with Gasteiger partial charge in [0, 0.05) is 10.4 Å². The lowest BCUT2D eigenvalue weighted by molar-refractivity contribution is 0.564. The summed E-state index contributed by atoms with van der Waals surface area (Å²) in [6, 6.07) is 4.31.